The lowest BCUT2D eigenvalue weighted by atomic mass is 9.78. The maximum absolute atomic E-state index is 4.49. The molecule has 5 heteroatoms. The second-order valence-electron chi connectivity index (χ2n) is 4.86. The van der Waals surface area contributed by atoms with Gasteiger partial charge in [0.2, 0.25) is 0 Å². The first kappa shape index (κ1) is 13.2. The Kier molecular flexibility index (Phi) is 3.78. The van der Waals surface area contributed by atoms with Crippen LogP contribution in [0.2, 0.25) is 0 Å². The number of hydrogen-bond donors (Lipinski definition) is 2. The van der Waals surface area contributed by atoms with E-state index in [0.717, 1.165) is 29.8 Å². The van der Waals surface area contributed by atoms with Gasteiger partial charge < -0.3 is 10.6 Å². The van der Waals surface area contributed by atoms with Crippen molar-refractivity contribution >= 4 is 23.4 Å². The van der Waals surface area contributed by atoms with E-state index in [0.29, 0.717) is 5.92 Å². The van der Waals surface area contributed by atoms with Gasteiger partial charge in [-0.15, -0.1) is 0 Å². The van der Waals surface area contributed by atoms with E-state index < -0.39 is 0 Å². The fourth-order valence-electron chi connectivity index (χ4n) is 2.51. The molecule has 1 aliphatic rings. The molecule has 0 radical (unpaired) electrons. The summed E-state index contributed by atoms with van der Waals surface area (Å²) in [5.74, 6) is 2.33. The number of thioether (sulfide) groups is 1. The quantitative estimate of drug-likeness (QED) is 0.653. The minimum Gasteiger partial charge on any atom is -0.373 e. The molecule has 2 aromatic rings. The number of hydrogen-bond acceptors (Lipinski definition) is 5. The average Bonchev–Trinajstić information content (AvgIpc) is 2.47. The summed E-state index contributed by atoms with van der Waals surface area (Å²) in [6, 6.07) is 10.6. The van der Waals surface area contributed by atoms with Gasteiger partial charge in [-0.25, -0.2) is 9.97 Å². The fourth-order valence-corrected chi connectivity index (χ4v) is 2.89. The Balaban J connectivity index is 1.67. The molecule has 3 rings (SSSR count). The van der Waals surface area contributed by atoms with Gasteiger partial charge in [-0.3, -0.25) is 0 Å². The zero-order chi connectivity index (χ0) is 13.9. The van der Waals surface area contributed by atoms with Crippen LogP contribution >= 0.6 is 11.8 Å². The highest BCUT2D eigenvalue weighted by molar-refractivity contribution is 7.98. The minimum absolute atomic E-state index is 0.594. The SMILES string of the molecule is CNc1cc(NCC2Cc3ccccc32)nc(SC)n1. The number of benzene rings is 1. The Morgan fingerprint density at radius 3 is 2.80 bits per heavy atom. The van der Waals surface area contributed by atoms with Crippen LogP contribution in [0, 0.1) is 0 Å². The van der Waals surface area contributed by atoms with E-state index in [9.17, 15) is 0 Å². The van der Waals surface area contributed by atoms with Gasteiger partial charge in [0, 0.05) is 25.6 Å². The standard InChI is InChI=1S/C15H18N4S/c1-16-13-8-14(19-15(18-13)20-2)17-9-11-7-10-5-3-4-6-12(10)11/h3-6,8,11H,7,9H2,1-2H3,(H2,16,17,18,19). The molecule has 104 valence electrons. The molecule has 20 heavy (non-hydrogen) atoms. The van der Waals surface area contributed by atoms with Crippen LogP contribution in [-0.2, 0) is 6.42 Å². The fraction of sp³-hybridized carbons (Fsp3) is 0.333. The first-order valence-corrected chi connectivity index (χ1v) is 7.95. The molecule has 1 aliphatic carbocycles. The van der Waals surface area contributed by atoms with Crippen LogP contribution in [0.25, 0.3) is 0 Å². The van der Waals surface area contributed by atoms with Crippen molar-refractivity contribution in [1.29, 1.82) is 0 Å². The Hall–Kier alpha value is -1.75. The van der Waals surface area contributed by atoms with Gasteiger partial charge in [0.05, 0.1) is 0 Å². The third kappa shape index (κ3) is 2.58. The van der Waals surface area contributed by atoms with E-state index in [1.807, 2.05) is 19.4 Å². The third-order valence-electron chi connectivity index (χ3n) is 3.64. The van der Waals surface area contributed by atoms with Crippen LogP contribution in [0.1, 0.15) is 17.0 Å². The molecular weight excluding hydrogens is 268 g/mol. The van der Waals surface area contributed by atoms with Crippen LogP contribution in [0.15, 0.2) is 35.5 Å². The maximum Gasteiger partial charge on any atom is 0.191 e. The number of aromatic nitrogens is 2. The minimum atomic E-state index is 0.594. The molecule has 1 heterocycles. The number of nitrogens with zero attached hydrogens (tertiary/aromatic N) is 2. The predicted octanol–water partition coefficient (Wildman–Crippen LogP) is 2.99. The lowest BCUT2D eigenvalue weighted by Crippen LogP contribution is -2.24. The van der Waals surface area contributed by atoms with Gasteiger partial charge >= 0.3 is 0 Å². The smallest absolute Gasteiger partial charge is 0.191 e. The van der Waals surface area contributed by atoms with Gasteiger partial charge in [-0.1, -0.05) is 36.0 Å². The molecule has 1 atom stereocenters. The Labute approximate surface area is 123 Å². The molecule has 0 amide bonds. The van der Waals surface area contributed by atoms with Gasteiger partial charge in [0.1, 0.15) is 11.6 Å². The summed E-state index contributed by atoms with van der Waals surface area (Å²) in [6.07, 6.45) is 3.14. The topological polar surface area (TPSA) is 49.8 Å². The van der Waals surface area contributed by atoms with Crippen molar-refractivity contribution < 1.29 is 0 Å². The number of fused-ring (bicyclic) bond motifs is 1. The van der Waals surface area contributed by atoms with Gasteiger partial charge in [0.15, 0.2) is 5.16 Å². The highest BCUT2D eigenvalue weighted by Gasteiger charge is 2.24. The molecular formula is C15H18N4S. The number of nitrogens with one attached hydrogen (secondary N) is 2. The number of anilines is 2. The summed E-state index contributed by atoms with van der Waals surface area (Å²) in [4.78, 5) is 8.86. The van der Waals surface area contributed by atoms with Crippen molar-refractivity contribution in [1.82, 2.24) is 9.97 Å². The largest absolute Gasteiger partial charge is 0.373 e. The Morgan fingerprint density at radius 2 is 2.05 bits per heavy atom. The average molecular weight is 286 g/mol. The first-order chi connectivity index (χ1) is 9.80. The highest BCUT2D eigenvalue weighted by atomic mass is 32.2. The van der Waals surface area contributed by atoms with Crippen LogP contribution in [0.5, 0.6) is 0 Å². The van der Waals surface area contributed by atoms with Crippen LogP contribution in [-0.4, -0.2) is 29.8 Å². The second kappa shape index (κ2) is 5.71. The van der Waals surface area contributed by atoms with Crippen molar-refractivity contribution in [3.05, 3.63) is 41.5 Å². The molecule has 0 aliphatic heterocycles. The molecule has 0 bridgehead atoms. The monoisotopic (exact) mass is 286 g/mol. The summed E-state index contributed by atoms with van der Waals surface area (Å²) < 4.78 is 0. The van der Waals surface area contributed by atoms with E-state index in [2.05, 4.69) is 44.9 Å². The van der Waals surface area contributed by atoms with E-state index in [4.69, 9.17) is 0 Å². The van der Waals surface area contributed by atoms with Crippen molar-refractivity contribution in [3.63, 3.8) is 0 Å². The lowest BCUT2D eigenvalue weighted by Gasteiger charge is -2.30. The first-order valence-electron chi connectivity index (χ1n) is 6.72. The molecule has 0 saturated carbocycles. The van der Waals surface area contributed by atoms with Crippen molar-refractivity contribution in [2.75, 3.05) is 30.5 Å². The highest BCUT2D eigenvalue weighted by Crippen LogP contribution is 2.34. The van der Waals surface area contributed by atoms with Gasteiger partial charge in [0.25, 0.3) is 0 Å². The summed E-state index contributed by atoms with van der Waals surface area (Å²) in [6.45, 7) is 0.922. The molecule has 1 aromatic carbocycles. The summed E-state index contributed by atoms with van der Waals surface area (Å²) in [5, 5.41) is 7.29. The van der Waals surface area contributed by atoms with Crippen molar-refractivity contribution in [2.45, 2.75) is 17.5 Å². The zero-order valence-electron chi connectivity index (χ0n) is 11.7. The van der Waals surface area contributed by atoms with Gasteiger partial charge in [-0.05, 0) is 23.8 Å². The van der Waals surface area contributed by atoms with E-state index in [-0.39, 0.29) is 0 Å². The maximum atomic E-state index is 4.49. The molecule has 0 fully saturated rings. The van der Waals surface area contributed by atoms with Crippen LogP contribution < -0.4 is 10.6 Å². The van der Waals surface area contributed by atoms with Crippen LogP contribution in [0.3, 0.4) is 0 Å². The Morgan fingerprint density at radius 1 is 1.25 bits per heavy atom. The van der Waals surface area contributed by atoms with Crippen molar-refractivity contribution in [2.24, 2.45) is 0 Å². The molecule has 4 nitrogen and oxygen atoms in total. The number of rotatable bonds is 5. The lowest BCUT2D eigenvalue weighted by molar-refractivity contribution is 0.634. The third-order valence-corrected chi connectivity index (χ3v) is 4.18. The summed E-state index contributed by atoms with van der Waals surface area (Å²) >= 11 is 1.55. The van der Waals surface area contributed by atoms with E-state index in [1.54, 1.807) is 11.8 Å². The Bertz CT molecular complexity index is 592. The molecule has 1 aromatic heterocycles. The molecule has 1 unspecified atom stereocenters. The molecule has 0 spiro atoms. The molecule has 2 N–H and O–H groups in total. The van der Waals surface area contributed by atoms with E-state index >= 15 is 0 Å². The van der Waals surface area contributed by atoms with Crippen LogP contribution in [0.4, 0.5) is 11.6 Å². The zero-order valence-corrected chi connectivity index (χ0v) is 12.5. The van der Waals surface area contributed by atoms with E-state index in [1.165, 1.54) is 11.1 Å². The summed E-state index contributed by atoms with van der Waals surface area (Å²) in [5.41, 5.74) is 2.94. The second-order valence-corrected chi connectivity index (χ2v) is 5.63. The predicted molar refractivity (Wildman–Crippen MR) is 84.7 cm³/mol. The molecule has 0 saturated heterocycles. The normalized spacial score (nSPS) is 16.2. The summed E-state index contributed by atoms with van der Waals surface area (Å²) in [7, 11) is 1.87. The van der Waals surface area contributed by atoms with Crippen molar-refractivity contribution in [3.8, 4) is 0 Å². The van der Waals surface area contributed by atoms with Gasteiger partial charge in [-0.2, -0.15) is 0 Å².